The van der Waals surface area contributed by atoms with Gasteiger partial charge in [0, 0.05) is 22.3 Å². The van der Waals surface area contributed by atoms with Crippen molar-refractivity contribution in [1.29, 1.82) is 0 Å². The molecule has 3 heteroatoms. The Balaban J connectivity index is 2.00. The van der Waals surface area contributed by atoms with Crippen molar-refractivity contribution < 1.29 is 0 Å². The van der Waals surface area contributed by atoms with E-state index in [1.54, 1.807) is 0 Å². The standard InChI is InChI=1S/C14H20BrNS/c1-3-17-9-10(2)16-14-8-7-11-12(14)5-4-6-13(11)15/h4-6,10,14,16H,3,7-9H2,1-2H3. The smallest absolute Gasteiger partial charge is 0.0329 e. The summed E-state index contributed by atoms with van der Waals surface area (Å²) in [4.78, 5) is 0. The minimum atomic E-state index is 0.551. The van der Waals surface area contributed by atoms with Crippen molar-refractivity contribution in [3.8, 4) is 0 Å². The zero-order valence-corrected chi connectivity index (χ0v) is 12.9. The molecule has 2 unspecified atom stereocenters. The number of fused-ring (bicyclic) bond motifs is 1. The van der Waals surface area contributed by atoms with E-state index >= 15 is 0 Å². The number of thioether (sulfide) groups is 1. The lowest BCUT2D eigenvalue weighted by Crippen LogP contribution is -2.31. The number of halogens is 1. The van der Waals surface area contributed by atoms with Crippen LogP contribution in [-0.4, -0.2) is 17.5 Å². The largest absolute Gasteiger partial charge is 0.307 e. The molecule has 17 heavy (non-hydrogen) atoms. The molecule has 2 rings (SSSR count). The van der Waals surface area contributed by atoms with Gasteiger partial charge in [0.25, 0.3) is 0 Å². The number of nitrogens with one attached hydrogen (secondary N) is 1. The molecule has 1 N–H and O–H groups in total. The van der Waals surface area contributed by atoms with Gasteiger partial charge in [-0.1, -0.05) is 35.0 Å². The molecule has 0 bridgehead atoms. The van der Waals surface area contributed by atoms with E-state index in [2.05, 4.69) is 53.3 Å². The van der Waals surface area contributed by atoms with Crippen LogP contribution in [0.2, 0.25) is 0 Å². The maximum Gasteiger partial charge on any atom is 0.0329 e. The summed E-state index contributed by atoms with van der Waals surface area (Å²) in [6, 6.07) is 7.71. The van der Waals surface area contributed by atoms with Gasteiger partial charge >= 0.3 is 0 Å². The van der Waals surface area contributed by atoms with E-state index in [1.165, 1.54) is 39.9 Å². The van der Waals surface area contributed by atoms with Crippen LogP contribution in [0.15, 0.2) is 22.7 Å². The molecule has 0 heterocycles. The molecule has 0 spiro atoms. The highest BCUT2D eigenvalue weighted by molar-refractivity contribution is 9.10. The van der Waals surface area contributed by atoms with Crippen molar-refractivity contribution in [2.75, 3.05) is 11.5 Å². The van der Waals surface area contributed by atoms with Crippen LogP contribution < -0.4 is 5.32 Å². The molecule has 0 saturated heterocycles. The summed E-state index contributed by atoms with van der Waals surface area (Å²) >= 11 is 5.66. The van der Waals surface area contributed by atoms with Crippen molar-refractivity contribution >= 4 is 27.7 Å². The third-order valence-corrected chi connectivity index (χ3v) is 5.16. The molecule has 0 radical (unpaired) electrons. The molecule has 94 valence electrons. The molecule has 0 aromatic heterocycles. The third kappa shape index (κ3) is 3.27. The van der Waals surface area contributed by atoms with Gasteiger partial charge in [0.05, 0.1) is 0 Å². The lowest BCUT2D eigenvalue weighted by molar-refractivity contribution is 0.479. The minimum absolute atomic E-state index is 0.551. The van der Waals surface area contributed by atoms with Gasteiger partial charge in [0.2, 0.25) is 0 Å². The van der Waals surface area contributed by atoms with Crippen molar-refractivity contribution in [2.45, 2.75) is 38.8 Å². The first-order chi connectivity index (χ1) is 8.22. The van der Waals surface area contributed by atoms with Crippen molar-refractivity contribution in [2.24, 2.45) is 0 Å². The zero-order valence-electron chi connectivity index (χ0n) is 10.5. The van der Waals surface area contributed by atoms with Gasteiger partial charge in [-0.25, -0.2) is 0 Å². The molecular weight excluding hydrogens is 294 g/mol. The van der Waals surface area contributed by atoms with Gasteiger partial charge in [-0.05, 0) is 42.7 Å². The third-order valence-electron chi connectivity index (χ3n) is 3.27. The Morgan fingerprint density at radius 2 is 2.35 bits per heavy atom. The molecule has 0 aliphatic heterocycles. The van der Waals surface area contributed by atoms with Crippen LogP contribution in [0.4, 0.5) is 0 Å². The van der Waals surface area contributed by atoms with Gasteiger partial charge in [0.1, 0.15) is 0 Å². The van der Waals surface area contributed by atoms with E-state index in [9.17, 15) is 0 Å². The number of hydrogen-bond acceptors (Lipinski definition) is 2. The second-order valence-corrected chi connectivity index (χ2v) is 6.80. The highest BCUT2D eigenvalue weighted by Crippen LogP contribution is 2.35. The zero-order chi connectivity index (χ0) is 12.3. The lowest BCUT2D eigenvalue weighted by Gasteiger charge is -2.20. The molecular formula is C14H20BrNS. The Kier molecular flexibility index (Phi) is 4.95. The highest BCUT2D eigenvalue weighted by atomic mass is 79.9. The van der Waals surface area contributed by atoms with Gasteiger partial charge in [0.15, 0.2) is 0 Å². The second kappa shape index (κ2) is 6.26. The van der Waals surface area contributed by atoms with Crippen LogP contribution in [0.25, 0.3) is 0 Å². The van der Waals surface area contributed by atoms with E-state index in [4.69, 9.17) is 0 Å². The molecule has 1 aromatic rings. The summed E-state index contributed by atoms with van der Waals surface area (Å²) in [5.41, 5.74) is 2.99. The maximum absolute atomic E-state index is 3.76. The average Bonchev–Trinajstić information content (AvgIpc) is 2.71. The molecule has 1 aliphatic carbocycles. The minimum Gasteiger partial charge on any atom is -0.307 e. The summed E-state index contributed by atoms with van der Waals surface area (Å²) in [5.74, 6) is 2.41. The monoisotopic (exact) mass is 313 g/mol. The summed E-state index contributed by atoms with van der Waals surface area (Å²) in [5, 5.41) is 3.76. The first-order valence-electron chi connectivity index (χ1n) is 6.33. The summed E-state index contributed by atoms with van der Waals surface area (Å²) < 4.78 is 1.27. The average molecular weight is 314 g/mol. The fraction of sp³-hybridized carbons (Fsp3) is 0.571. The molecule has 1 aliphatic rings. The van der Waals surface area contributed by atoms with Crippen molar-refractivity contribution in [3.05, 3.63) is 33.8 Å². The van der Waals surface area contributed by atoms with E-state index in [0.717, 1.165) is 0 Å². The van der Waals surface area contributed by atoms with Gasteiger partial charge in [-0.2, -0.15) is 11.8 Å². The SMILES string of the molecule is CCSCC(C)NC1CCc2c(Br)cccc21. The second-order valence-electron chi connectivity index (χ2n) is 4.63. The molecule has 0 saturated carbocycles. The van der Waals surface area contributed by atoms with Crippen LogP contribution >= 0.6 is 27.7 Å². The summed E-state index contributed by atoms with van der Waals surface area (Å²) in [7, 11) is 0. The first kappa shape index (κ1) is 13.4. The molecule has 0 fully saturated rings. The molecule has 0 amide bonds. The Morgan fingerprint density at radius 3 is 3.12 bits per heavy atom. The quantitative estimate of drug-likeness (QED) is 0.875. The Hall–Kier alpha value is 0.0100. The van der Waals surface area contributed by atoms with Crippen LogP contribution in [0.5, 0.6) is 0 Å². The summed E-state index contributed by atoms with van der Waals surface area (Å²) in [6.45, 7) is 4.51. The van der Waals surface area contributed by atoms with Crippen LogP contribution in [0, 0.1) is 0 Å². The molecule has 2 atom stereocenters. The van der Waals surface area contributed by atoms with Crippen LogP contribution in [0.3, 0.4) is 0 Å². The molecule has 1 aromatic carbocycles. The Morgan fingerprint density at radius 1 is 1.53 bits per heavy atom. The van der Waals surface area contributed by atoms with Gasteiger partial charge < -0.3 is 5.32 Å². The normalized spacial score (nSPS) is 20.3. The topological polar surface area (TPSA) is 12.0 Å². The van der Waals surface area contributed by atoms with Gasteiger partial charge in [-0.15, -0.1) is 0 Å². The fourth-order valence-corrected chi connectivity index (χ4v) is 3.73. The predicted molar refractivity (Wildman–Crippen MR) is 80.8 cm³/mol. The first-order valence-corrected chi connectivity index (χ1v) is 8.28. The van der Waals surface area contributed by atoms with E-state index in [0.29, 0.717) is 12.1 Å². The van der Waals surface area contributed by atoms with Gasteiger partial charge in [-0.3, -0.25) is 0 Å². The number of hydrogen-bond donors (Lipinski definition) is 1. The summed E-state index contributed by atoms with van der Waals surface area (Å²) in [6.07, 6.45) is 2.43. The maximum atomic E-state index is 3.76. The van der Waals surface area contributed by atoms with Crippen LogP contribution in [-0.2, 0) is 6.42 Å². The fourth-order valence-electron chi connectivity index (χ4n) is 2.47. The van der Waals surface area contributed by atoms with Crippen LogP contribution in [0.1, 0.15) is 37.4 Å². The Bertz CT molecular complexity index is 380. The number of benzene rings is 1. The van der Waals surface area contributed by atoms with E-state index in [1.807, 2.05) is 11.8 Å². The Labute approximate surface area is 117 Å². The predicted octanol–water partition coefficient (Wildman–Crippen LogP) is 4.17. The van der Waals surface area contributed by atoms with Crippen molar-refractivity contribution in [1.82, 2.24) is 5.32 Å². The van der Waals surface area contributed by atoms with E-state index < -0.39 is 0 Å². The lowest BCUT2D eigenvalue weighted by atomic mass is 10.1. The number of rotatable bonds is 5. The highest BCUT2D eigenvalue weighted by Gasteiger charge is 2.24. The van der Waals surface area contributed by atoms with Crippen molar-refractivity contribution in [3.63, 3.8) is 0 Å². The molecule has 1 nitrogen and oxygen atoms in total. The van der Waals surface area contributed by atoms with E-state index in [-0.39, 0.29) is 0 Å².